The van der Waals surface area contributed by atoms with E-state index in [0.29, 0.717) is 6.61 Å². The standard InChI is InChI=1S/C9H17NO2/c11-6-9(5-8-1-2-8)7-12-4-3-10-9/h8,10-11H,1-7H2. The van der Waals surface area contributed by atoms with Gasteiger partial charge in [0.25, 0.3) is 0 Å². The maximum absolute atomic E-state index is 9.28. The average molecular weight is 171 g/mol. The van der Waals surface area contributed by atoms with Gasteiger partial charge >= 0.3 is 0 Å². The second-order valence-electron chi connectivity index (χ2n) is 4.07. The van der Waals surface area contributed by atoms with E-state index < -0.39 is 0 Å². The Morgan fingerprint density at radius 2 is 2.33 bits per heavy atom. The van der Waals surface area contributed by atoms with Crippen LogP contribution in [-0.2, 0) is 4.74 Å². The van der Waals surface area contributed by atoms with E-state index in [2.05, 4.69) is 5.32 Å². The summed E-state index contributed by atoms with van der Waals surface area (Å²) in [5, 5.41) is 12.7. The first-order chi connectivity index (χ1) is 5.85. The summed E-state index contributed by atoms with van der Waals surface area (Å²) in [6.45, 7) is 2.56. The van der Waals surface area contributed by atoms with Crippen molar-refractivity contribution in [1.29, 1.82) is 0 Å². The predicted molar refractivity (Wildman–Crippen MR) is 46.0 cm³/mol. The van der Waals surface area contributed by atoms with E-state index in [1.807, 2.05) is 0 Å². The number of hydrogen-bond donors (Lipinski definition) is 2. The van der Waals surface area contributed by atoms with E-state index in [1.54, 1.807) is 0 Å². The van der Waals surface area contributed by atoms with E-state index in [9.17, 15) is 5.11 Å². The van der Waals surface area contributed by atoms with Crippen molar-refractivity contribution in [3.63, 3.8) is 0 Å². The van der Waals surface area contributed by atoms with Gasteiger partial charge in [-0.15, -0.1) is 0 Å². The highest BCUT2D eigenvalue weighted by Gasteiger charge is 2.37. The molecule has 1 saturated carbocycles. The molecule has 0 aromatic rings. The molecule has 1 heterocycles. The maximum Gasteiger partial charge on any atom is 0.0671 e. The van der Waals surface area contributed by atoms with E-state index >= 15 is 0 Å². The van der Waals surface area contributed by atoms with Crippen LogP contribution in [0.15, 0.2) is 0 Å². The Balaban J connectivity index is 1.90. The molecule has 1 saturated heterocycles. The fraction of sp³-hybridized carbons (Fsp3) is 1.00. The Kier molecular flexibility index (Phi) is 2.35. The van der Waals surface area contributed by atoms with Gasteiger partial charge in [-0.1, -0.05) is 12.8 Å². The molecule has 3 heteroatoms. The van der Waals surface area contributed by atoms with Crippen molar-refractivity contribution in [2.75, 3.05) is 26.4 Å². The molecule has 0 radical (unpaired) electrons. The van der Waals surface area contributed by atoms with Gasteiger partial charge in [0.2, 0.25) is 0 Å². The minimum absolute atomic E-state index is 0.112. The highest BCUT2D eigenvalue weighted by molar-refractivity contribution is 4.94. The molecule has 0 amide bonds. The molecule has 1 aliphatic heterocycles. The van der Waals surface area contributed by atoms with Gasteiger partial charge in [0.1, 0.15) is 0 Å². The quantitative estimate of drug-likeness (QED) is 0.634. The molecule has 0 aromatic carbocycles. The van der Waals surface area contributed by atoms with Crippen LogP contribution < -0.4 is 5.32 Å². The average Bonchev–Trinajstić information content (AvgIpc) is 2.90. The van der Waals surface area contributed by atoms with E-state index in [-0.39, 0.29) is 12.1 Å². The topological polar surface area (TPSA) is 41.5 Å². The highest BCUT2D eigenvalue weighted by atomic mass is 16.5. The van der Waals surface area contributed by atoms with E-state index in [0.717, 1.165) is 25.5 Å². The van der Waals surface area contributed by atoms with Crippen molar-refractivity contribution < 1.29 is 9.84 Å². The summed E-state index contributed by atoms with van der Waals surface area (Å²) < 4.78 is 5.38. The number of morpholine rings is 1. The molecule has 0 bridgehead atoms. The van der Waals surface area contributed by atoms with Crippen molar-refractivity contribution in [1.82, 2.24) is 5.32 Å². The zero-order chi connectivity index (χ0) is 8.44. The lowest BCUT2D eigenvalue weighted by molar-refractivity contribution is -0.00753. The monoisotopic (exact) mass is 171 g/mol. The summed E-state index contributed by atoms with van der Waals surface area (Å²) in [5.41, 5.74) is -0.112. The van der Waals surface area contributed by atoms with Gasteiger partial charge in [0.15, 0.2) is 0 Å². The van der Waals surface area contributed by atoms with Crippen molar-refractivity contribution >= 4 is 0 Å². The van der Waals surface area contributed by atoms with Crippen LogP contribution in [0.5, 0.6) is 0 Å². The number of ether oxygens (including phenoxy) is 1. The minimum atomic E-state index is -0.112. The van der Waals surface area contributed by atoms with E-state index in [4.69, 9.17) is 4.74 Å². The zero-order valence-corrected chi connectivity index (χ0v) is 7.38. The van der Waals surface area contributed by atoms with Crippen LogP contribution in [0, 0.1) is 5.92 Å². The third-order valence-electron chi connectivity index (χ3n) is 2.80. The molecule has 2 aliphatic rings. The lowest BCUT2D eigenvalue weighted by Gasteiger charge is -2.36. The molecular formula is C9H17NO2. The van der Waals surface area contributed by atoms with Crippen LogP contribution >= 0.6 is 0 Å². The summed E-state index contributed by atoms with van der Waals surface area (Å²) in [5.74, 6) is 0.839. The molecule has 3 nitrogen and oxygen atoms in total. The van der Waals surface area contributed by atoms with Gasteiger partial charge in [-0.3, -0.25) is 0 Å². The Hall–Kier alpha value is -0.120. The highest BCUT2D eigenvalue weighted by Crippen LogP contribution is 2.37. The van der Waals surface area contributed by atoms with Gasteiger partial charge in [0, 0.05) is 6.54 Å². The lowest BCUT2D eigenvalue weighted by Crippen LogP contribution is -2.57. The molecule has 2 fully saturated rings. The predicted octanol–water partition coefficient (Wildman–Crippen LogP) is 0.137. The fourth-order valence-electron chi connectivity index (χ4n) is 1.88. The smallest absolute Gasteiger partial charge is 0.0671 e. The summed E-state index contributed by atoms with van der Waals surface area (Å²) in [4.78, 5) is 0. The van der Waals surface area contributed by atoms with Gasteiger partial charge in [-0.2, -0.15) is 0 Å². The molecule has 2 N–H and O–H groups in total. The Morgan fingerprint density at radius 1 is 1.50 bits per heavy atom. The van der Waals surface area contributed by atoms with Gasteiger partial charge in [-0.25, -0.2) is 0 Å². The second-order valence-corrected chi connectivity index (χ2v) is 4.07. The molecule has 0 spiro atoms. The van der Waals surface area contributed by atoms with Gasteiger partial charge < -0.3 is 15.2 Å². The number of aliphatic hydroxyl groups is 1. The van der Waals surface area contributed by atoms with Crippen molar-refractivity contribution in [3.05, 3.63) is 0 Å². The Bertz CT molecular complexity index is 151. The van der Waals surface area contributed by atoms with Crippen molar-refractivity contribution in [2.45, 2.75) is 24.8 Å². The Labute approximate surface area is 73.1 Å². The summed E-state index contributed by atoms with van der Waals surface area (Å²) in [6, 6.07) is 0. The molecule has 12 heavy (non-hydrogen) atoms. The minimum Gasteiger partial charge on any atom is -0.394 e. The summed E-state index contributed by atoms with van der Waals surface area (Å²) >= 11 is 0. The first-order valence-electron chi connectivity index (χ1n) is 4.78. The van der Waals surface area contributed by atoms with Crippen LogP contribution in [0.1, 0.15) is 19.3 Å². The van der Waals surface area contributed by atoms with Crippen LogP contribution in [0.25, 0.3) is 0 Å². The SMILES string of the molecule is OCC1(CC2CC2)COCCN1. The Morgan fingerprint density at radius 3 is 2.83 bits per heavy atom. The van der Waals surface area contributed by atoms with Crippen LogP contribution in [0.2, 0.25) is 0 Å². The van der Waals surface area contributed by atoms with Gasteiger partial charge in [-0.05, 0) is 12.3 Å². The number of rotatable bonds is 3. The number of hydrogen-bond acceptors (Lipinski definition) is 3. The third-order valence-corrected chi connectivity index (χ3v) is 2.80. The van der Waals surface area contributed by atoms with Crippen LogP contribution in [0.3, 0.4) is 0 Å². The molecule has 2 rings (SSSR count). The van der Waals surface area contributed by atoms with Crippen LogP contribution in [-0.4, -0.2) is 37.0 Å². The molecule has 0 aromatic heterocycles. The summed E-state index contributed by atoms with van der Waals surface area (Å²) in [6.07, 6.45) is 3.76. The van der Waals surface area contributed by atoms with Crippen molar-refractivity contribution in [2.24, 2.45) is 5.92 Å². The second kappa shape index (κ2) is 3.32. The molecular weight excluding hydrogens is 154 g/mol. The van der Waals surface area contributed by atoms with Crippen LogP contribution in [0.4, 0.5) is 0 Å². The number of aliphatic hydroxyl groups excluding tert-OH is 1. The largest absolute Gasteiger partial charge is 0.394 e. The first-order valence-corrected chi connectivity index (χ1v) is 4.78. The summed E-state index contributed by atoms with van der Waals surface area (Å²) in [7, 11) is 0. The van der Waals surface area contributed by atoms with Gasteiger partial charge in [0.05, 0.1) is 25.4 Å². The molecule has 1 unspecified atom stereocenters. The molecule has 70 valence electrons. The normalized spacial score (nSPS) is 36.8. The first kappa shape index (κ1) is 8.48. The van der Waals surface area contributed by atoms with Crippen molar-refractivity contribution in [3.8, 4) is 0 Å². The molecule has 1 atom stereocenters. The zero-order valence-electron chi connectivity index (χ0n) is 7.38. The third kappa shape index (κ3) is 1.79. The fourth-order valence-corrected chi connectivity index (χ4v) is 1.88. The molecule has 1 aliphatic carbocycles. The van der Waals surface area contributed by atoms with E-state index in [1.165, 1.54) is 12.8 Å². The lowest BCUT2D eigenvalue weighted by atomic mass is 9.93. The number of nitrogens with one attached hydrogen (secondary N) is 1. The maximum atomic E-state index is 9.28.